The number of nitrogens with two attached hydrogens (primary N) is 1. The molecule has 1 aliphatic rings. The van der Waals surface area contributed by atoms with Crippen LogP contribution in [0.4, 0.5) is 0 Å². The summed E-state index contributed by atoms with van der Waals surface area (Å²) in [5.41, 5.74) is 6.94. The minimum Gasteiger partial charge on any atom is -0.443 e. The van der Waals surface area contributed by atoms with E-state index in [1.54, 1.807) is 0 Å². The molecule has 0 radical (unpaired) electrons. The van der Waals surface area contributed by atoms with Gasteiger partial charge in [0.05, 0.1) is 5.69 Å². The van der Waals surface area contributed by atoms with Crippen molar-refractivity contribution in [2.24, 2.45) is 10.7 Å². The van der Waals surface area contributed by atoms with E-state index in [1.807, 2.05) is 18.7 Å². The fraction of sp³-hybridized carbons (Fsp3) is 0.692. The van der Waals surface area contributed by atoms with E-state index in [2.05, 4.69) is 21.8 Å². The number of rotatable bonds is 4. The Hall–Kier alpha value is -0.440. The molecule has 1 aromatic rings. The summed E-state index contributed by atoms with van der Waals surface area (Å²) in [6.07, 6.45) is 1.92. The van der Waals surface area contributed by atoms with Crippen LogP contribution in [0.2, 0.25) is 0 Å². The summed E-state index contributed by atoms with van der Waals surface area (Å²) in [5.74, 6) is 4.50. The first-order chi connectivity index (χ1) is 9.20. The maximum Gasteiger partial charge on any atom is 0.194 e. The molecule has 5 nitrogen and oxygen atoms in total. The molecule has 114 valence electrons. The predicted molar refractivity (Wildman–Crippen MR) is 94.9 cm³/mol. The Morgan fingerprint density at radius 1 is 1.45 bits per heavy atom. The van der Waals surface area contributed by atoms with Gasteiger partial charge in [-0.2, -0.15) is 11.8 Å². The number of nitrogens with zero attached hydrogens (tertiary/aromatic N) is 3. The fourth-order valence-corrected chi connectivity index (χ4v) is 2.90. The van der Waals surface area contributed by atoms with Crippen LogP contribution in [-0.2, 0) is 13.0 Å². The third kappa shape index (κ3) is 4.83. The highest BCUT2D eigenvalue weighted by molar-refractivity contribution is 14.0. The molecule has 2 rings (SSSR count). The van der Waals surface area contributed by atoms with E-state index in [1.165, 1.54) is 0 Å². The summed E-state index contributed by atoms with van der Waals surface area (Å²) >= 11 is 1.96. The molecule has 0 unspecified atom stereocenters. The minimum atomic E-state index is 0. The van der Waals surface area contributed by atoms with Gasteiger partial charge in [-0.3, -0.25) is 0 Å². The van der Waals surface area contributed by atoms with E-state index in [4.69, 9.17) is 10.2 Å². The Bertz CT molecular complexity index is 444. The first-order valence-corrected chi connectivity index (χ1v) is 7.94. The van der Waals surface area contributed by atoms with E-state index in [9.17, 15) is 0 Å². The fourth-order valence-electron chi connectivity index (χ4n) is 2.00. The molecule has 0 aliphatic carbocycles. The Morgan fingerprint density at radius 3 is 2.80 bits per heavy atom. The maximum atomic E-state index is 6.02. The van der Waals surface area contributed by atoms with Crippen LogP contribution in [0.3, 0.4) is 0 Å². The molecule has 1 aromatic heterocycles. The monoisotopic (exact) mass is 410 g/mol. The molecular weight excluding hydrogens is 387 g/mol. The lowest BCUT2D eigenvalue weighted by molar-refractivity contribution is 0.441. The van der Waals surface area contributed by atoms with Gasteiger partial charge < -0.3 is 15.1 Å². The van der Waals surface area contributed by atoms with Crippen molar-refractivity contribution in [2.75, 3.05) is 24.6 Å². The molecule has 0 amide bonds. The Morgan fingerprint density at radius 2 is 2.15 bits per heavy atom. The summed E-state index contributed by atoms with van der Waals surface area (Å²) in [5, 5.41) is 0. The van der Waals surface area contributed by atoms with Crippen molar-refractivity contribution in [1.29, 1.82) is 0 Å². The Kier molecular flexibility index (Phi) is 7.71. The molecule has 2 N–H and O–H groups in total. The van der Waals surface area contributed by atoms with E-state index < -0.39 is 0 Å². The number of hydrogen-bond acceptors (Lipinski definition) is 4. The number of hydrogen-bond donors (Lipinski definition) is 1. The molecule has 7 heteroatoms. The van der Waals surface area contributed by atoms with Crippen molar-refractivity contribution in [2.45, 2.75) is 33.2 Å². The zero-order chi connectivity index (χ0) is 13.7. The molecule has 2 heterocycles. The van der Waals surface area contributed by atoms with Crippen LogP contribution in [0.25, 0.3) is 0 Å². The standard InChI is InChI=1S/C13H22N4OS.HI/c1-3-4-12-16-10(2)11(18-12)9-15-13(14)17-5-7-19-8-6-17;/h3-9H2,1-2H3,(H2,14,15);1H. The van der Waals surface area contributed by atoms with Gasteiger partial charge >= 0.3 is 0 Å². The van der Waals surface area contributed by atoms with Gasteiger partial charge in [-0.15, -0.1) is 24.0 Å². The average Bonchev–Trinajstić information content (AvgIpc) is 2.78. The molecule has 0 spiro atoms. The third-order valence-electron chi connectivity index (χ3n) is 3.12. The topological polar surface area (TPSA) is 67.7 Å². The van der Waals surface area contributed by atoms with Gasteiger partial charge in [0.2, 0.25) is 0 Å². The lowest BCUT2D eigenvalue weighted by Crippen LogP contribution is -2.42. The van der Waals surface area contributed by atoms with Crippen LogP contribution in [0.15, 0.2) is 9.41 Å². The second kappa shape index (κ2) is 8.76. The normalized spacial score (nSPS) is 16.1. The van der Waals surface area contributed by atoms with Crippen LogP contribution in [0, 0.1) is 6.92 Å². The number of halogens is 1. The molecule has 20 heavy (non-hydrogen) atoms. The van der Waals surface area contributed by atoms with Crippen LogP contribution in [0.1, 0.15) is 30.7 Å². The van der Waals surface area contributed by atoms with Gasteiger partial charge in [0.15, 0.2) is 11.9 Å². The number of oxazole rings is 1. The number of guanidine groups is 1. The predicted octanol–water partition coefficient (Wildman–Crippen LogP) is 2.42. The van der Waals surface area contributed by atoms with Crippen molar-refractivity contribution in [3.8, 4) is 0 Å². The zero-order valence-electron chi connectivity index (χ0n) is 12.1. The smallest absolute Gasteiger partial charge is 0.194 e. The van der Waals surface area contributed by atoms with Gasteiger partial charge in [0, 0.05) is 31.0 Å². The molecule has 1 fully saturated rings. The molecule has 0 aromatic carbocycles. The van der Waals surface area contributed by atoms with Crippen molar-refractivity contribution >= 4 is 41.7 Å². The number of aliphatic imine (C=N–C) groups is 1. The summed E-state index contributed by atoms with van der Waals surface area (Å²) in [7, 11) is 0. The average molecular weight is 410 g/mol. The van der Waals surface area contributed by atoms with Crippen LogP contribution in [0.5, 0.6) is 0 Å². The van der Waals surface area contributed by atoms with Gasteiger partial charge in [-0.05, 0) is 13.3 Å². The lowest BCUT2D eigenvalue weighted by Gasteiger charge is -2.27. The SMILES string of the molecule is CCCc1nc(C)c(CN=C(N)N2CCSCC2)o1.I. The summed E-state index contributed by atoms with van der Waals surface area (Å²) < 4.78 is 5.70. The number of aryl methyl sites for hydroxylation is 2. The first kappa shape index (κ1) is 17.6. The van der Waals surface area contributed by atoms with E-state index in [-0.39, 0.29) is 24.0 Å². The Balaban J connectivity index is 0.00000200. The molecule has 0 saturated carbocycles. The van der Waals surface area contributed by atoms with Gasteiger partial charge in [0.1, 0.15) is 12.3 Å². The Labute approximate surface area is 141 Å². The molecule has 0 bridgehead atoms. The minimum absolute atomic E-state index is 0. The molecule has 1 aliphatic heterocycles. The zero-order valence-corrected chi connectivity index (χ0v) is 15.2. The van der Waals surface area contributed by atoms with Gasteiger partial charge in [-0.25, -0.2) is 9.98 Å². The second-order valence-electron chi connectivity index (χ2n) is 4.64. The highest BCUT2D eigenvalue weighted by Crippen LogP contribution is 2.13. The van der Waals surface area contributed by atoms with Crippen molar-refractivity contribution in [3.63, 3.8) is 0 Å². The van der Waals surface area contributed by atoms with Crippen LogP contribution < -0.4 is 5.73 Å². The lowest BCUT2D eigenvalue weighted by atomic mass is 10.3. The second-order valence-corrected chi connectivity index (χ2v) is 5.86. The van der Waals surface area contributed by atoms with Crippen molar-refractivity contribution < 1.29 is 4.42 Å². The summed E-state index contributed by atoms with van der Waals surface area (Å²) in [6.45, 7) is 6.52. The number of aromatic nitrogens is 1. The number of thioether (sulfide) groups is 1. The van der Waals surface area contributed by atoms with Crippen molar-refractivity contribution in [1.82, 2.24) is 9.88 Å². The molecular formula is C13H23IN4OS. The van der Waals surface area contributed by atoms with E-state index >= 15 is 0 Å². The molecule has 0 atom stereocenters. The maximum absolute atomic E-state index is 6.02. The van der Waals surface area contributed by atoms with E-state index in [0.717, 1.165) is 54.8 Å². The van der Waals surface area contributed by atoms with Crippen LogP contribution in [-0.4, -0.2) is 40.4 Å². The largest absolute Gasteiger partial charge is 0.443 e. The van der Waals surface area contributed by atoms with Crippen molar-refractivity contribution in [3.05, 3.63) is 17.3 Å². The highest BCUT2D eigenvalue weighted by atomic mass is 127. The third-order valence-corrected chi connectivity index (χ3v) is 4.06. The summed E-state index contributed by atoms with van der Waals surface area (Å²) in [6, 6.07) is 0. The first-order valence-electron chi connectivity index (χ1n) is 6.78. The van der Waals surface area contributed by atoms with Gasteiger partial charge in [0.25, 0.3) is 0 Å². The van der Waals surface area contributed by atoms with Gasteiger partial charge in [-0.1, -0.05) is 6.92 Å². The summed E-state index contributed by atoms with van der Waals surface area (Å²) in [4.78, 5) is 11.0. The van der Waals surface area contributed by atoms with E-state index in [0.29, 0.717) is 12.5 Å². The van der Waals surface area contributed by atoms with Crippen LogP contribution >= 0.6 is 35.7 Å². The quantitative estimate of drug-likeness (QED) is 0.469. The molecule has 1 saturated heterocycles. The highest BCUT2D eigenvalue weighted by Gasteiger charge is 2.13.